The van der Waals surface area contributed by atoms with Crippen LogP contribution < -0.4 is 4.90 Å². The van der Waals surface area contributed by atoms with Gasteiger partial charge in [-0.3, -0.25) is 14.5 Å². The highest BCUT2D eigenvalue weighted by Crippen LogP contribution is 2.38. The fraction of sp³-hybridized carbons (Fsp3) is 0.172. The van der Waals surface area contributed by atoms with Crippen LogP contribution >= 0.6 is 27.7 Å². The van der Waals surface area contributed by atoms with Crippen molar-refractivity contribution in [2.45, 2.75) is 23.7 Å². The van der Waals surface area contributed by atoms with Gasteiger partial charge < -0.3 is 9.88 Å². The number of halogens is 2. The van der Waals surface area contributed by atoms with Gasteiger partial charge in [0.1, 0.15) is 17.3 Å². The fourth-order valence-electron chi connectivity index (χ4n) is 5.27. The Morgan fingerprint density at radius 2 is 1.73 bits per heavy atom. The molecule has 41 heavy (non-hydrogen) atoms. The van der Waals surface area contributed by atoms with Gasteiger partial charge in [0.05, 0.1) is 27.5 Å². The molecule has 2 aliphatic rings. The Morgan fingerprint density at radius 3 is 2.41 bits per heavy atom. The number of aromatic nitrogens is 5. The van der Waals surface area contributed by atoms with Crippen molar-refractivity contribution in [2.75, 3.05) is 24.5 Å². The average Bonchev–Trinajstić information content (AvgIpc) is 3.42. The molecule has 12 heteroatoms. The van der Waals surface area contributed by atoms with Crippen molar-refractivity contribution in [3.05, 3.63) is 87.4 Å². The van der Waals surface area contributed by atoms with Crippen LogP contribution in [-0.4, -0.2) is 61.3 Å². The first-order valence-electron chi connectivity index (χ1n) is 12.9. The molecule has 0 unspecified atom stereocenters. The Balaban J connectivity index is 1.22. The Morgan fingerprint density at radius 1 is 1.02 bits per heavy atom. The Labute approximate surface area is 246 Å². The molecule has 0 aliphatic carbocycles. The summed E-state index contributed by atoms with van der Waals surface area (Å²) in [4.78, 5) is 50.8. The summed E-state index contributed by atoms with van der Waals surface area (Å²) in [5.74, 6) is -0.192. The van der Waals surface area contributed by atoms with Crippen molar-refractivity contribution < 1.29 is 14.0 Å². The second-order valence-electron chi connectivity index (χ2n) is 9.81. The minimum atomic E-state index is -0.343. The third-order valence-electron chi connectivity index (χ3n) is 7.37. The monoisotopic (exact) mass is 629 g/mol. The molecule has 2 aliphatic heterocycles. The summed E-state index contributed by atoms with van der Waals surface area (Å²) in [6.45, 7) is 3.42. The molecule has 204 valence electrons. The van der Waals surface area contributed by atoms with Gasteiger partial charge in [-0.2, -0.15) is 0 Å². The third kappa shape index (κ3) is 4.47. The molecule has 1 N–H and O–H groups in total. The second kappa shape index (κ2) is 10.0. The highest BCUT2D eigenvalue weighted by molar-refractivity contribution is 9.10. The third-order valence-corrected chi connectivity index (χ3v) is 8.54. The zero-order valence-electron chi connectivity index (χ0n) is 21.7. The lowest BCUT2D eigenvalue weighted by molar-refractivity contribution is 0.0666. The number of imide groups is 1. The zero-order chi connectivity index (χ0) is 28.2. The number of amides is 2. The van der Waals surface area contributed by atoms with Crippen LogP contribution in [0.4, 0.5) is 10.2 Å². The topological polar surface area (TPSA) is 108 Å². The van der Waals surface area contributed by atoms with Crippen molar-refractivity contribution in [3.63, 3.8) is 0 Å². The Kier molecular flexibility index (Phi) is 6.31. The number of rotatable bonds is 6. The van der Waals surface area contributed by atoms with Crippen LogP contribution in [0.1, 0.15) is 34.1 Å². The predicted octanol–water partition coefficient (Wildman–Crippen LogP) is 5.78. The minimum Gasteiger partial charge on any atom is -0.348 e. The summed E-state index contributed by atoms with van der Waals surface area (Å²) in [6.07, 6.45) is 4.03. The van der Waals surface area contributed by atoms with Gasteiger partial charge in [-0.05, 0) is 75.6 Å². The van der Waals surface area contributed by atoms with Crippen molar-refractivity contribution in [2.24, 2.45) is 0 Å². The number of hydrogen-bond donors (Lipinski definition) is 1. The second-order valence-corrected chi connectivity index (χ2v) is 11.7. The van der Waals surface area contributed by atoms with Gasteiger partial charge in [-0.25, -0.2) is 24.3 Å². The van der Waals surface area contributed by atoms with Crippen LogP contribution in [0.2, 0.25) is 0 Å². The SMILES string of the molecule is CCC(CN1C(=O)c2ccccc2C1=O)=C1CN(c2nc(Sc3ncc(Br)cn3)nc3[nH]c4ccc(F)cc4c23)C1. The van der Waals surface area contributed by atoms with Crippen LogP contribution in [-0.2, 0) is 0 Å². The lowest BCUT2D eigenvalue weighted by Crippen LogP contribution is -2.43. The van der Waals surface area contributed by atoms with E-state index in [9.17, 15) is 14.0 Å². The number of carbonyl (C=O) groups is 2. The van der Waals surface area contributed by atoms with Crippen LogP contribution in [0, 0.1) is 5.82 Å². The molecule has 0 radical (unpaired) electrons. The summed E-state index contributed by atoms with van der Waals surface area (Å²) < 4.78 is 15.0. The van der Waals surface area contributed by atoms with Crippen LogP contribution in [0.3, 0.4) is 0 Å². The summed E-state index contributed by atoms with van der Waals surface area (Å²) in [6, 6.07) is 11.5. The molecule has 5 heterocycles. The Bertz CT molecular complexity index is 1880. The summed E-state index contributed by atoms with van der Waals surface area (Å²) in [5, 5.41) is 2.39. The number of nitrogens with zero attached hydrogens (tertiary/aromatic N) is 6. The van der Waals surface area contributed by atoms with E-state index in [-0.39, 0.29) is 24.2 Å². The first-order valence-corrected chi connectivity index (χ1v) is 14.5. The van der Waals surface area contributed by atoms with Crippen molar-refractivity contribution in [1.29, 1.82) is 0 Å². The van der Waals surface area contributed by atoms with E-state index in [1.807, 2.05) is 6.92 Å². The summed E-state index contributed by atoms with van der Waals surface area (Å²) in [5.41, 5.74) is 4.44. The summed E-state index contributed by atoms with van der Waals surface area (Å²) in [7, 11) is 0. The molecule has 1 saturated heterocycles. The number of anilines is 1. The van der Waals surface area contributed by atoms with E-state index in [0.29, 0.717) is 57.8 Å². The molecular weight excluding hydrogens is 609 g/mol. The highest BCUT2D eigenvalue weighted by Gasteiger charge is 2.36. The maximum absolute atomic E-state index is 14.3. The quantitative estimate of drug-likeness (QED) is 0.143. The van der Waals surface area contributed by atoms with Gasteiger partial charge in [-0.15, -0.1) is 0 Å². The lowest BCUT2D eigenvalue weighted by Gasteiger charge is -2.38. The van der Waals surface area contributed by atoms with Crippen LogP contribution in [0.15, 0.2) is 80.8 Å². The minimum absolute atomic E-state index is 0.255. The number of aromatic amines is 1. The molecule has 2 aromatic carbocycles. The first-order chi connectivity index (χ1) is 19.9. The van der Waals surface area contributed by atoms with Crippen molar-refractivity contribution >= 4 is 67.3 Å². The molecule has 5 aromatic rings. The van der Waals surface area contributed by atoms with E-state index in [1.165, 1.54) is 28.8 Å². The molecule has 0 atom stereocenters. The number of carbonyl (C=O) groups excluding carboxylic acids is 2. The van der Waals surface area contributed by atoms with Gasteiger partial charge >= 0.3 is 0 Å². The van der Waals surface area contributed by atoms with Gasteiger partial charge in [0.2, 0.25) is 0 Å². The molecule has 2 amide bonds. The molecule has 0 spiro atoms. The molecule has 0 bridgehead atoms. The van der Waals surface area contributed by atoms with E-state index in [2.05, 4.69) is 35.8 Å². The van der Waals surface area contributed by atoms with Gasteiger partial charge in [0, 0.05) is 36.4 Å². The van der Waals surface area contributed by atoms with Crippen molar-refractivity contribution in [3.8, 4) is 0 Å². The van der Waals surface area contributed by atoms with E-state index in [0.717, 1.165) is 26.5 Å². The molecular formula is C29H21BrFN7O2S. The lowest BCUT2D eigenvalue weighted by atomic mass is 9.97. The standard InChI is InChI=1S/C29H21BrFN7O2S/c1-2-15(14-38-26(39)19-5-3-4-6-20(19)27(38)40)16-12-37(13-16)25-23-21-9-18(31)7-8-22(21)34-24(23)35-29(36-25)41-28-32-10-17(30)11-33-28/h3-11H,2,12-14H2,1H3,(H,34,35,36). The van der Waals surface area contributed by atoms with E-state index in [1.54, 1.807) is 42.7 Å². The van der Waals surface area contributed by atoms with E-state index >= 15 is 0 Å². The van der Waals surface area contributed by atoms with Crippen LogP contribution in [0.5, 0.6) is 0 Å². The first kappa shape index (κ1) is 25.8. The maximum atomic E-state index is 14.3. The molecule has 0 saturated carbocycles. The van der Waals surface area contributed by atoms with E-state index < -0.39 is 0 Å². The number of hydrogen-bond acceptors (Lipinski definition) is 8. The molecule has 9 nitrogen and oxygen atoms in total. The molecule has 7 rings (SSSR count). The van der Waals surface area contributed by atoms with Gasteiger partial charge in [0.25, 0.3) is 11.8 Å². The van der Waals surface area contributed by atoms with Crippen molar-refractivity contribution in [1.82, 2.24) is 29.8 Å². The predicted molar refractivity (Wildman–Crippen MR) is 157 cm³/mol. The zero-order valence-corrected chi connectivity index (χ0v) is 24.1. The molecule has 1 fully saturated rings. The normalized spacial score (nSPS) is 14.8. The molecule has 3 aromatic heterocycles. The van der Waals surface area contributed by atoms with E-state index in [4.69, 9.17) is 9.97 Å². The smallest absolute Gasteiger partial charge is 0.261 e. The summed E-state index contributed by atoms with van der Waals surface area (Å²) >= 11 is 4.59. The maximum Gasteiger partial charge on any atom is 0.261 e. The fourth-order valence-corrected chi connectivity index (χ4v) is 6.12. The average molecular weight is 631 g/mol. The van der Waals surface area contributed by atoms with Gasteiger partial charge in [0.15, 0.2) is 10.3 Å². The number of H-pyrrole nitrogens is 1. The number of benzene rings is 2. The highest BCUT2D eigenvalue weighted by atomic mass is 79.9. The number of nitrogens with one attached hydrogen (secondary N) is 1. The van der Waals surface area contributed by atoms with Gasteiger partial charge in [-0.1, -0.05) is 19.1 Å². The number of fused-ring (bicyclic) bond motifs is 4. The Hall–Kier alpha value is -4.16. The largest absolute Gasteiger partial charge is 0.348 e. The van der Waals surface area contributed by atoms with Crippen LogP contribution in [0.25, 0.3) is 21.9 Å².